The van der Waals surface area contributed by atoms with Gasteiger partial charge >= 0.3 is 5.97 Å². The van der Waals surface area contributed by atoms with E-state index in [0.717, 1.165) is 5.56 Å². The van der Waals surface area contributed by atoms with Crippen molar-refractivity contribution in [2.24, 2.45) is 5.92 Å². The van der Waals surface area contributed by atoms with Crippen LogP contribution < -0.4 is 0 Å². The van der Waals surface area contributed by atoms with Crippen LogP contribution in [-0.2, 0) is 9.53 Å². The van der Waals surface area contributed by atoms with Crippen molar-refractivity contribution in [1.29, 1.82) is 0 Å². The summed E-state index contributed by atoms with van der Waals surface area (Å²) < 4.78 is 5.08. The van der Waals surface area contributed by atoms with Crippen LogP contribution in [0.4, 0.5) is 0 Å². The third-order valence-electron chi connectivity index (χ3n) is 2.11. The minimum atomic E-state index is -0.199. The fourth-order valence-electron chi connectivity index (χ4n) is 1.30. The summed E-state index contributed by atoms with van der Waals surface area (Å²) in [4.78, 5) is 11.1. The van der Waals surface area contributed by atoms with E-state index >= 15 is 0 Å². The molecule has 0 saturated carbocycles. The van der Waals surface area contributed by atoms with Crippen molar-refractivity contribution < 1.29 is 9.53 Å². The molecule has 0 bridgehead atoms. The Morgan fingerprint density at radius 1 is 1.29 bits per heavy atom. The zero-order valence-corrected chi connectivity index (χ0v) is 8.41. The van der Waals surface area contributed by atoms with Crippen molar-refractivity contribution >= 4 is 23.3 Å². The molecule has 1 aliphatic rings. The van der Waals surface area contributed by atoms with Crippen LogP contribution in [0.5, 0.6) is 0 Å². The van der Waals surface area contributed by atoms with Gasteiger partial charge in [-0.05, 0) is 37.3 Å². The van der Waals surface area contributed by atoms with Gasteiger partial charge in [0, 0.05) is 10.6 Å². The van der Waals surface area contributed by atoms with Crippen LogP contribution in [0.2, 0.25) is 5.02 Å². The predicted octanol–water partition coefficient (Wildman–Crippen LogP) is 2.87. The molecule has 0 aliphatic carbocycles. The number of carbonyl (C=O) groups excluding carboxylic acids is 1. The first kappa shape index (κ1) is 9.28. The fourth-order valence-corrected chi connectivity index (χ4v) is 1.43. The summed E-state index contributed by atoms with van der Waals surface area (Å²) in [5.41, 5.74) is 0.882. The summed E-state index contributed by atoms with van der Waals surface area (Å²) >= 11 is 5.75. The van der Waals surface area contributed by atoms with Gasteiger partial charge in [-0.3, -0.25) is 4.79 Å². The van der Waals surface area contributed by atoms with Crippen LogP contribution in [0.1, 0.15) is 12.5 Å². The van der Waals surface area contributed by atoms with Gasteiger partial charge in [-0.25, -0.2) is 0 Å². The normalized spacial score (nSPS) is 20.6. The van der Waals surface area contributed by atoms with Crippen molar-refractivity contribution in [1.82, 2.24) is 0 Å². The average Bonchev–Trinajstić information content (AvgIpc) is 2.48. The molecule has 2 rings (SSSR count). The Hall–Kier alpha value is -1.28. The number of hydrogen-bond acceptors (Lipinski definition) is 2. The lowest BCUT2D eigenvalue weighted by atomic mass is 10.1. The highest BCUT2D eigenvalue weighted by Crippen LogP contribution is 2.26. The minimum Gasteiger partial charge on any atom is -0.426 e. The van der Waals surface area contributed by atoms with E-state index in [1.54, 1.807) is 12.1 Å². The lowest BCUT2D eigenvalue weighted by Crippen LogP contribution is -2.02. The molecule has 1 heterocycles. The number of rotatable bonds is 1. The van der Waals surface area contributed by atoms with Gasteiger partial charge in [0.25, 0.3) is 0 Å². The van der Waals surface area contributed by atoms with Crippen LogP contribution in [0.15, 0.2) is 30.3 Å². The number of benzene rings is 1. The molecule has 0 amide bonds. The maximum atomic E-state index is 11.1. The number of hydrogen-bond donors (Lipinski definition) is 0. The van der Waals surface area contributed by atoms with Gasteiger partial charge in [0.05, 0.1) is 5.92 Å². The van der Waals surface area contributed by atoms with Crippen LogP contribution in [-0.4, -0.2) is 5.97 Å². The summed E-state index contributed by atoms with van der Waals surface area (Å²) in [5, 5.41) is 0.673. The topological polar surface area (TPSA) is 26.3 Å². The molecule has 0 saturated heterocycles. The molecule has 0 aromatic heterocycles. The Labute approximate surface area is 87.1 Å². The number of carbonyl (C=O) groups is 1. The predicted molar refractivity (Wildman–Crippen MR) is 54.7 cm³/mol. The van der Waals surface area contributed by atoms with Crippen molar-refractivity contribution in [3.63, 3.8) is 0 Å². The maximum Gasteiger partial charge on any atom is 0.318 e. The van der Waals surface area contributed by atoms with E-state index in [0.29, 0.717) is 10.8 Å². The first-order valence-electron chi connectivity index (χ1n) is 4.36. The van der Waals surface area contributed by atoms with E-state index in [9.17, 15) is 4.79 Å². The lowest BCUT2D eigenvalue weighted by molar-refractivity contribution is -0.137. The smallest absolute Gasteiger partial charge is 0.318 e. The van der Waals surface area contributed by atoms with E-state index in [1.807, 2.05) is 25.1 Å². The van der Waals surface area contributed by atoms with E-state index in [4.69, 9.17) is 16.3 Å². The summed E-state index contributed by atoms with van der Waals surface area (Å²) in [6.07, 6.45) is 1.81. The first-order valence-corrected chi connectivity index (χ1v) is 4.74. The van der Waals surface area contributed by atoms with E-state index in [1.165, 1.54) is 0 Å². The van der Waals surface area contributed by atoms with Gasteiger partial charge in [-0.1, -0.05) is 11.6 Å². The molecular formula is C11H9ClO2. The van der Waals surface area contributed by atoms with Crippen molar-refractivity contribution in [2.75, 3.05) is 0 Å². The quantitative estimate of drug-likeness (QED) is 0.664. The molecular weight excluding hydrogens is 200 g/mol. The SMILES string of the molecule is CC1C=C(c2ccc(Cl)cc2)OC1=O. The van der Waals surface area contributed by atoms with Crippen molar-refractivity contribution in [3.8, 4) is 0 Å². The van der Waals surface area contributed by atoms with Crippen molar-refractivity contribution in [3.05, 3.63) is 40.9 Å². The van der Waals surface area contributed by atoms with Gasteiger partial charge in [-0.15, -0.1) is 0 Å². The van der Waals surface area contributed by atoms with Crippen LogP contribution in [0, 0.1) is 5.92 Å². The summed E-state index contributed by atoms with van der Waals surface area (Å²) in [6.45, 7) is 1.81. The highest BCUT2D eigenvalue weighted by atomic mass is 35.5. The van der Waals surface area contributed by atoms with Gasteiger partial charge in [0.1, 0.15) is 5.76 Å². The molecule has 72 valence electrons. The second-order valence-electron chi connectivity index (χ2n) is 3.25. The van der Waals surface area contributed by atoms with Crippen LogP contribution in [0.25, 0.3) is 5.76 Å². The first-order chi connectivity index (χ1) is 6.66. The standard InChI is InChI=1S/C11H9ClO2/c1-7-6-10(14-11(7)13)8-2-4-9(12)5-3-8/h2-7H,1H3. The monoisotopic (exact) mass is 208 g/mol. The molecule has 1 aliphatic heterocycles. The average molecular weight is 209 g/mol. The lowest BCUT2D eigenvalue weighted by Gasteiger charge is -2.01. The molecule has 3 heteroatoms. The second-order valence-corrected chi connectivity index (χ2v) is 3.68. The van der Waals surface area contributed by atoms with Crippen LogP contribution in [0.3, 0.4) is 0 Å². The van der Waals surface area contributed by atoms with E-state index < -0.39 is 0 Å². The summed E-state index contributed by atoms with van der Waals surface area (Å²) in [7, 11) is 0. The minimum absolute atomic E-state index is 0.152. The molecule has 14 heavy (non-hydrogen) atoms. The summed E-state index contributed by atoms with van der Waals surface area (Å²) in [6, 6.07) is 7.21. The molecule has 1 aromatic rings. The molecule has 0 N–H and O–H groups in total. The highest BCUT2D eigenvalue weighted by Gasteiger charge is 2.23. The number of ether oxygens (including phenoxy) is 1. The molecule has 2 nitrogen and oxygen atoms in total. The van der Waals surface area contributed by atoms with Gasteiger partial charge in [0.15, 0.2) is 0 Å². The largest absolute Gasteiger partial charge is 0.426 e. The Morgan fingerprint density at radius 3 is 2.43 bits per heavy atom. The summed E-state index contributed by atoms with van der Waals surface area (Å²) in [5.74, 6) is 0.273. The molecule has 1 atom stereocenters. The number of cyclic esters (lactones) is 1. The third kappa shape index (κ3) is 1.66. The Kier molecular flexibility index (Phi) is 2.30. The molecule has 1 unspecified atom stereocenters. The molecule has 0 spiro atoms. The second kappa shape index (κ2) is 3.46. The molecule has 0 fully saturated rings. The zero-order valence-electron chi connectivity index (χ0n) is 7.66. The maximum absolute atomic E-state index is 11.1. The number of esters is 1. The molecule has 1 aromatic carbocycles. The van der Waals surface area contributed by atoms with Gasteiger partial charge in [-0.2, -0.15) is 0 Å². The van der Waals surface area contributed by atoms with Gasteiger partial charge < -0.3 is 4.74 Å². The van der Waals surface area contributed by atoms with Gasteiger partial charge in [0.2, 0.25) is 0 Å². The Morgan fingerprint density at radius 2 is 1.93 bits per heavy atom. The Bertz CT molecular complexity index is 392. The van der Waals surface area contributed by atoms with E-state index in [2.05, 4.69) is 0 Å². The molecule has 0 radical (unpaired) electrons. The zero-order chi connectivity index (χ0) is 10.1. The highest BCUT2D eigenvalue weighted by molar-refractivity contribution is 6.30. The third-order valence-corrected chi connectivity index (χ3v) is 2.36. The van der Waals surface area contributed by atoms with Crippen LogP contribution >= 0.6 is 11.6 Å². The van der Waals surface area contributed by atoms with Crippen molar-refractivity contribution in [2.45, 2.75) is 6.92 Å². The number of halogens is 1. The fraction of sp³-hybridized carbons (Fsp3) is 0.182. The van der Waals surface area contributed by atoms with E-state index in [-0.39, 0.29) is 11.9 Å². The Balaban J connectivity index is 2.29.